The Morgan fingerprint density at radius 2 is 2.20 bits per heavy atom. The molecule has 7 nitrogen and oxygen atoms in total. The summed E-state index contributed by atoms with van der Waals surface area (Å²) < 4.78 is 0.463. The maximum atomic E-state index is 11.0. The number of pyridine rings is 2. The van der Waals surface area contributed by atoms with Crippen LogP contribution < -0.4 is 0 Å². The first-order valence-corrected chi connectivity index (χ1v) is 6.75. The minimum absolute atomic E-state index is 0.122. The Labute approximate surface area is 125 Å². The highest BCUT2D eigenvalue weighted by Gasteiger charge is 2.19. The van der Waals surface area contributed by atoms with Crippen LogP contribution in [-0.2, 0) is 0 Å². The van der Waals surface area contributed by atoms with Gasteiger partial charge in [-0.1, -0.05) is 11.8 Å². The van der Waals surface area contributed by atoms with E-state index in [1.807, 2.05) is 0 Å². The molecule has 2 aromatic rings. The standard InChI is InChI=1S/C11H6BrN3O4S/c12-7-4-13-5-9(15(18)19)10(7)20-6-1-2-14-8(3-6)11(16)17/h1-5H,(H,16,17). The molecule has 0 spiro atoms. The topological polar surface area (TPSA) is 106 Å². The van der Waals surface area contributed by atoms with Crippen LogP contribution in [0.3, 0.4) is 0 Å². The lowest BCUT2D eigenvalue weighted by Crippen LogP contribution is -1.99. The third kappa shape index (κ3) is 3.11. The molecule has 0 aliphatic rings. The van der Waals surface area contributed by atoms with Crippen LogP contribution in [0.15, 0.2) is 45.0 Å². The third-order valence-electron chi connectivity index (χ3n) is 2.20. The van der Waals surface area contributed by atoms with Crippen LogP contribution in [0.25, 0.3) is 0 Å². The molecule has 0 saturated carbocycles. The average molecular weight is 356 g/mol. The van der Waals surface area contributed by atoms with Gasteiger partial charge in [0.2, 0.25) is 0 Å². The summed E-state index contributed by atoms with van der Waals surface area (Å²) in [5.41, 5.74) is -0.277. The van der Waals surface area contributed by atoms with E-state index < -0.39 is 10.9 Å². The van der Waals surface area contributed by atoms with Crippen molar-refractivity contribution in [3.8, 4) is 0 Å². The molecule has 0 atom stereocenters. The van der Waals surface area contributed by atoms with Gasteiger partial charge in [-0.05, 0) is 28.1 Å². The van der Waals surface area contributed by atoms with Crippen LogP contribution >= 0.6 is 27.7 Å². The van der Waals surface area contributed by atoms with Gasteiger partial charge in [0.25, 0.3) is 0 Å². The van der Waals surface area contributed by atoms with Crippen molar-refractivity contribution in [2.24, 2.45) is 0 Å². The summed E-state index contributed by atoms with van der Waals surface area (Å²) in [6.45, 7) is 0. The van der Waals surface area contributed by atoms with Crippen LogP contribution in [0, 0.1) is 10.1 Å². The van der Waals surface area contributed by atoms with E-state index in [1.165, 1.54) is 18.5 Å². The quantitative estimate of drug-likeness (QED) is 0.663. The van der Waals surface area contributed by atoms with Crippen LogP contribution in [-0.4, -0.2) is 26.0 Å². The number of halogens is 1. The van der Waals surface area contributed by atoms with Crippen molar-refractivity contribution < 1.29 is 14.8 Å². The Bertz CT molecular complexity index is 695. The minimum atomic E-state index is -1.16. The van der Waals surface area contributed by atoms with Crippen LogP contribution in [0.4, 0.5) is 5.69 Å². The second kappa shape index (κ2) is 5.97. The zero-order chi connectivity index (χ0) is 14.7. The molecule has 0 aliphatic carbocycles. The number of carbonyl (C=O) groups is 1. The second-order valence-corrected chi connectivity index (χ2v) is 5.45. The molecule has 2 heterocycles. The molecule has 2 rings (SSSR count). The monoisotopic (exact) mass is 355 g/mol. The van der Waals surface area contributed by atoms with Gasteiger partial charge >= 0.3 is 11.7 Å². The molecule has 102 valence electrons. The summed E-state index contributed by atoms with van der Waals surface area (Å²) in [5, 5.41) is 19.8. The summed E-state index contributed by atoms with van der Waals surface area (Å²) in [6.07, 6.45) is 3.92. The van der Waals surface area contributed by atoms with Gasteiger partial charge in [0, 0.05) is 17.3 Å². The fourth-order valence-electron chi connectivity index (χ4n) is 1.35. The summed E-state index contributed by atoms with van der Waals surface area (Å²) >= 11 is 4.27. The molecular formula is C11H6BrN3O4S. The van der Waals surface area contributed by atoms with Crippen molar-refractivity contribution in [3.63, 3.8) is 0 Å². The molecule has 0 fully saturated rings. The van der Waals surface area contributed by atoms with E-state index in [4.69, 9.17) is 5.11 Å². The minimum Gasteiger partial charge on any atom is -0.477 e. The van der Waals surface area contributed by atoms with Crippen molar-refractivity contribution in [3.05, 3.63) is 51.0 Å². The van der Waals surface area contributed by atoms with Gasteiger partial charge in [0.1, 0.15) is 16.8 Å². The molecule has 0 bridgehead atoms. The number of nitrogens with zero attached hydrogens (tertiary/aromatic N) is 3. The highest BCUT2D eigenvalue weighted by molar-refractivity contribution is 9.10. The molecule has 2 aromatic heterocycles. The molecule has 1 N–H and O–H groups in total. The van der Waals surface area contributed by atoms with Crippen molar-refractivity contribution in [1.82, 2.24) is 9.97 Å². The van der Waals surface area contributed by atoms with E-state index in [9.17, 15) is 14.9 Å². The Balaban J connectivity index is 2.42. The first kappa shape index (κ1) is 14.4. The number of hydrogen-bond donors (Lipinski definition) is 1. The summed E-state index contributed by atoms with van der Waals surface area (Å²) in [4.78, 5) is 29.6. The second-order valence-electron chi connectivity index (χ2n) is 3.51. The third-order valence-corrected chi connectivity index (χ3v) is 4.19. The van der Waals surface area contributed by atoms with Crippen molar-refractivity contribution in [1.29, 1.82) is 0 Å². The van der Waals surface area contributed by atoms with Crippen molar-refractivity contribution in [2.75, 3.05) is 0 Å². The zero-order valence-corrected chi connectivity index (χ0v) is 12.1. The first-order valence-electron chi connectivity index (χ1n) is 5.14. The van der Waals surface area contributed by atoms with Gasteiger partial charge in [-0.2, -0.15) is 0 Å². The Morgan fingerprint density at radius 3 is 2.85 bits per heavy atom. The molecular weight excluding hydrogens is 350 g/mol. The molecule has 0 unspecified atom stereocenters. The summed E-state index contributed by atoms with van der Waals surface area (Å²) in [5.74, 6) is -1.16. The Morgan fingerprint density at radius 1 is 1.45 bits per heavy atom. The molecule has 20 heavy (non-hydrogen) atoms. The highest BCUT2D eigenvalue weighted by Crippen LogP contribution is 2.39. The SMILES string of the molecule is O=C(O)c1cc(Sc2c(Br)cncc2[N+](=O)[O-])ccn1. The largest absolute Gasteiger partial charge is 0.477 e. The van der Waals surface area contributed by atoms with E-state index in [0.29, 0.717) is 14.3 Å². The van der Waals surface area contributed by atoms with Crippen LogP contribution in [0.1, 0.15) is 10.5 Å². The van der Waals surface area contributed by atoms with Gasteiger partial charge in [-0.3, -0.25) is 15.1 Å². The number of carboxylic acid groups (broad SMARTS) is 1. The first-order chi connectivity index (χ1) is 9.49. The fraction of sp³-hybridized carbons (Fsp3) is 0. The zero-order valence-electron chi connectivity index (χ0n) is 9.69. The number of aromatic carboxylic acids is 1. The highest BCUT2D eigenvalue weighted by atomic mass is 79.9. The summed E-state index contributed by atoms with van der Waals surface area (Å²) in [6, 6.07) is 2.93. The maximum Gasteiger partial charge on any atom is 0.354 e. The van der Waals surface area contributed by atoms with Crippen molar-refractivity contribution in [2.45, 2.75) is 9.79 Å². The number of rotatable bonds is 4. The lowest BCUT2D eigenvalue weighted by Gasteiger charge is -2.05. The van der Waals surface area contributed by atoms with Crippen LogP contribution in [0.2, 0.25) is 0 Å². The smallest absolute Gasteiger partial charge is 0.354 e. The van der Waals surface area contributed by atoms with E-state index in [2.05, 4.69) is 25.9 Å². The normalized spacial score (nSPS) is 10.2. The fourth-order valence-corrected chi connectivity index (χ4v) is 2.83. The van der Waals surface area contributed by atoms with Gasteiger partial charge in [-0.25, -0.2) is 9.78 Å². The lowest BCUT2D eigenvalue weighted by atomic mass is 10.3. The summed E-state index contributed by atoms with van der Waals surface area (Å²) in [7, 11) is 0. The average Bonchev–Trinajstić information content (AvgIpc) is 2.41. The number of carboxylic acids is 1. The molecule has 9 heteroatoms. The van der Waals surface area contributed by atoms with Crippen molar-refractivity contribution >= 4 is 39.3 Å². The van der Waals surface area contributed by atoms with Gasteiger partial charge in [-0.15, -0.1) is 0 Å². The molecule has 0 aliphatic heterocycles. The maximum absolute atomic E-state index is 11.0. The predicted molar refractivity (Wildman–Crippen MR) is 73.9 cm³/mol. The molecule has 0 amide bonds. The predicted octanol–water partition coefficient (Wildman–Crippen LogP) is 3.00. The van der Waals surface area contributed by atoms with E-state index >= 15 is 0 Å². The molecule has 0 aromatic carbocycles. The van der Waals surface area contributed by atoms with Gasteiger partial charge in [0.05, 0.1) is 9.40 Å². The van der Waals surface area contributed by atoms with Gasteiger partial charge in [0.15, 0.2) is 0 Å². The number of hydrogen-bond acceptors (Lipinski definition) is 6. The van der Waals surface area contributed by atoms with E-state index in [-0.39, 0.29) is 11.4 Å². The molecule has 0 saturated heterocycles. The van der Waals surface area contributed by atoms with Crippen LogP contribution in [0.5, 0.6) is 0 Å². The van der Waals surface area contributed by atoms with Gasteiger partial charge < -0.3 is 5.11 Å². The lowest BCUT2D eigenvalue weighted by molar-refractivity contribution is -0.388. The number of nitro groups is 1. The number of aromatic nitrogens is 2. The van der Waals surface area contributed by atoms with E-state index in [0.717, 1.165) is 18.0 Å². The Hall–Kier alpha value is -2.00. The molecule has 0 radical (unpaired) electrons. The Kier molecular flexibility index (Phi) is 4.30. The van der Waals surface area contributed by atoms with E-state index in [1.54, 1.807) is 6.07 Å².